The number of hydrogen-bond donors (Lipinski definition) is 1. The van der Waals surface area contributed by atoms with Crippen molar-refractivity contribution in [2.45, 2.75) is 13.8 Å². The van der Waals surface area contributed by atoms with E-state index in [0.29, 0.717) is 11.6 Å². The van der Waals surface area contributed by atoms with E-state index in [1.165, 1.54) is 0 Å². The topological polar surface area (TPSA) is 68.2 Å². The van der Waals surface area contributed by atoms with Crippen LogP contribution in [0.25, 0.3) is 11.1 Å². The molecule has 5 nitrogen and oxygen atoms in total. The maximum atomic E-state index is 5.74. The standard InChI is InChI=1S/C15H16N4O/c1-9-6-11(16)8-17-15(9)19(3)12-4-5-14-13(7-12)18-10(2)20-14/h4-8H,16H2,1-3H3. The summed E-state index contributed by atoms with van der Waals surface area (Å²) in [5.41, 5.74) is 10.1. The van der Waals surface area contributed by atoms with Crippen LogP contribution in [0.4, 0.5) is 17.2 Å². The highest BCUT2D eigenvalue weighted by atomic mass is 16.3. The van der Waals surface area contributed by atoms with Gasteiger partial charge in [0.15, 0.2) is 11.5 Å². The zero-order chi connectivity index (χ0) is 14.3. The fourth-order valence-electron chi connectivity index (χ4n) is 2.30. The van der Waals surface area contributed by atoms with E-state index >= 15 is 0 Å². The first-order chi connectivity index (χ1) is 9.54. The molecule has 3 aromatic rings. The Balaban J connectivity index is 2.04. The van der Waals surface area contributed by atoms with Gasteiger partial charge in [0.25, 0.3) is 0 Å². The molecule has 0 amide bonds. The quantitative estimate of drug-likeness (QED) is 0.773. The predicted octanol–water partition coefficient (Wildman–Crippen LogP) is 3.19. The Morgan fingerprint density at radius 1 is 1.20 bits per heavy atom. The van der Waals surface area contributed by atoms with E-state index in [2.05, 4.69) is 9.97 Å². The third kappa shape index (κ3) is 2.07. The molecular weight excluding hydrogens is 252 g/mol. The largest absolute Gasteiger partial charge is 0.441 e. The van der Waals surface area contributed by atoms with E-state index < -0.39 is 0 Å². The molecule has 0 fully saturated rings. The Hall–Kier alpha value is -2.56. The van der Waals surface area contributed by atoms with Crippen LogP contribution in [0.2, 0.25) is 0 Å². The van der Waals surface area contributed by atoms with Gasteiger partial charge in [-0.3, -0.25) is 0 Å². The van der Waals surface area contributed by atoms with Crippen LogP contribution in [0, 0.1) is 13.8 Å². The van der Waals surface area contributed by atoms with E-state index in [-0.39, 0.29) is 0 Å². The lowest BCUT2D eigenvalue weighted by atomic mass is 10.2. The molecule has 0 saturated heterocycles. The smallest absolute Gasteiger partial charge is 0.192 e. The van der Waals surface area contributed by atoms with Crippen LogP contribution < -0.4 is 10.6 Å². The van der Waals surface area contributed by atoms with Gasteiger partial charge in [-0.25, -0.2) is 9.97 Å². The number of benzene rings is 1. The van der Waals surface area contributed by atoms with Gasteiger partial charge in [-0.15, -0.1) is 0 Å². The summed E-state index contributed by atoms with van der Waals surface area (Å²) in [7, 11) is 1.97. The summed E-state index contributed by atoms with van der Waals surface area (Å²) >= 11 is 0. The number of hydrogen-bond acceptors (Lipinski definition) is 5. The summed E-state index contributed by atoms with van der Waals surface area (Å²) in [5, 5.41) is 0. The molecule has 0 saturated carbocycles. The minimum Gasteiger partial charge on any atom is -0.441 e. The van der Waals surface area contributed by atoms with Gasteiger partial charge >= 0.3 is 0 Å². The summed E-state index contributed by atoms with van der Waals surface area (Å²) < 4.78 is 5.49. The molecule has 0 unspecified atom stereocenters. The fourth-order valence-corrected chi connectivity index (χ4v) is 2.30. The molecule has 0 atom stereocenters. The third-order valence-electron chi connectivity index (χ3n) is 3.25. The average Bonchev–Trinajstić information content (AvgIpc) is 2.77. The summed E-state index contributed by atoms with van der Waals surface area (Å²) in [6.45, 7) is 3.84. The van der Waals surface area contributed by atoms with Gasteiger partial charge in [0.2, 0.25) is 0 Å². The van der Waals surface area contributed by atoms with Crippen molar-refractivity contribution in [1.82, 2.24) is 9.97 Å². The number of oxazole rings is 1. The molecule has 20 heavy (non-hydrogen) atoms. The zero-order valence-electron chi connectivity index (χ0n) is 11.7. The number of nitrogens with zero attached hydrogens (tertiary/aromatic N) is 3. The summed E-state index contributed by atoms with van der Waals surface area (Å²) in [4.78, 5) is 10.8. The summed E-state index contributed by atoms with van der Waals surface area (Å²) in [6.07, 6.45) is 1.66. The number of pyridine rings is 1. The molecule has 2 aromatic heterocycles. The second kappa shape index (κ2) is 4.52. The maximum Gasteiger partial charge on any atom is 0.192 e. The van der Waals surface area contributed by atoms with Crippen LogP contribution in [0.15, 0.2) is 34.9 Å². The molecule has 102 valence electrons. The molecule has 0 bridgehead atoms. The molecule has 0 aliphatic carbocycles. The van der Waals surface area contributed by atoms with Crippen LogP contribution in [-0.4, -0.2) is 17.0 Å². The second-order valence-corrected chi connectivity index (χ2v) is 4.85. The number of nitrogen functional groups attached to an aromatic ring is 1. The van der Waals surface area contributed by atoms with Gasteiger partial charge in [-0.1, -0.05) is 0 Å². The van der Waals surface area contributed by atoms with Crippen molar-refractivity contribution in [1.29, 1.82) is 0 Å². The lowest BCUT2D eigenvalue weighted by Gasteiger charge is -2.20. The van der Waals surface area contributed by atoms with E-state index in [4.69, 9.17) is 10.2 Å². The third-order valence-corrected chi connectivity index (χ3v) is 3.25. The summed E-state index contributed by atoms with van der Waals surface area (Å²) in [5.74, 6) is 1.54. The number of aryl methyl sites for hydroxylation is 2. The molecule has 5 heteroatoms. The van der Waals surface area contributed by atoms with Crippen molar-refractivity contribution in [2.24, 2.45) is 0 Å². The molecule has 2 N–H and O–H groups in total. The minimum atomic E-state index is 0.668. The first kappa shape index (κ1) is 12.5. The Bertz CT molecular complexity index is 779. The van der Waals surface area contributed by atoms with E-state index in [0.717, 1.165) is 28.2 Å². The van der Waals surface area contributed by atoms with Gasteiger partial charge < -0.3 is 15.1 Å². The van der Waals surface area contributed by atoms with E-state index in [1.807, 2.05) is 50.1 Å². The van der Waals surface area contributed by atoms with Crippen LogP contribution in [-0.2, 0) is 0 Å². The highest BCUT2D eigenvalue weighted by molar-refractivity contribution is 5.79. The molecule has 0 aliphatic rings. The first-order valence-corrected chi connectivity index (χ1v) is 6.37. The van der Waals surface area contributed by atoms with Crippen LogP contribution >= 0.6 is 0 Å². The number of fused-ring (bicyclic) bond motifs is 1. The SMILES string of the molecule is Cc1nc2cc(N(C)c3ncc(N)cc3C)ccc2o1. The molecule has 0 spiro atoms. The highest BCUT2D eigenvalue weighted by Gasteiger charge is 2.11. The van der Waals surface area contributed by atoms with E-state index in [9.17, 15) is 0 Å². The average molecular weight is 268 g/mol. The van der Waals surface area contributed by atoms with Crippen molar-refractivity contribution in [2.75, 3.05) is 17.7 Å². The molecular formula is C15H16N4O. The van der Waals surface area contributed by atoms with Crippen molar-refractivity contribution in [3.63, 3.8) is 0 Å². The highest BCUT2D eigenvalue weighted by Crippen LogP contribution is 2.28. The fraction of sp³-hybridized carbons (Fsp3) is 0.200. The van der Waals surface area contributed by atoms with Crippen LogP contribution in [0.3, 0.4) is 0 Å². The number of nitrogens with two attached hydrogens (primary N) is 1. The Morgan fingerprint density at radius 2 is 2.00 bits per heavy atom. The Morgan fingerprint density at radius 3 is 2.75 bits per heavy atom. The van der Waals surface area contributed by atoms with Crippen LogP contribution in [0.5, 0.6) is 0 Å². The molecule has 3 rings (SSSR count). The molecule has 0 radical (unpaired) electrons. The molecule has 0 aliphatic heterocycles. The van der Waals surface area contributed by atoms with Crippen molar-refractivity contribution in [3.8, 4) is 0 Å². The molecule has 2 heterocycles. The lowest BCUT2D eigenvalue weighted by molar-refractivity contribution is 0.561. The number of rotatable bonds is 2. The van der Waals surface area contributed by atoms with Crippen LogP contribution in [0.1, 0.15) is 11.5 Å². The monoisotopic (exact) mass is 268 g/mol. The second-order valence-electron chi connectivity index (χ2n) is 4.85. The van der Waals surface area contributed by atoms with Crippen molar-refractivity contribution >= 4 is 28.3 Å². The normalized spacial score (nSPS) is 10.9. The van der Waals surface area contributed by atoms with Gasteiger partial charge in [0.1, 0.15) is 11.3 Å². The van der Waals surface area contributed by atoms with Gasteiger partial charge in [-0.2, -0.15) is 0 Å². The summed E-state index contributed by atoms with van der Waals surface area (Å²) in [6, 6.07) is 7.82. The predicted molar refractivity (Wildman–Crippen MR) is 80.2 cm³/mol. The minimum absolute atomic E-state index is 0.668. The number of anilines is 3. The maximum absolute atomic E-state index is 5.74. The first-order valence-electron chi connectivity index (χ1n) is 6.37. The number of aromatic nitrogens is 2. The van der Waals surface area contributed by atoms with Gasteiger partial charge in [0, 0.05) is 19.7 Å². The van der Waals surface area contributed by atoms with E-state index in [1.54, 1.807) is 6.20 Å². The lowest BCUT2D eigenvalue weighted by Crippen LogP contribution is -2.12. The Labute approximate surface area is 117 Å². The molecule has 1 aromatic carbocycles. The van der Waals surface area contributed by atoms with Crippen molar-refractivity contribution < 1.29 is 4.42 Å². The van der Waals surface area contributed by atoms with Gasteiger partial charge in [0.05, 0.1) is 11.9 Å². The Kier molecular flexibility index (Phi) is 2.82. The zero-order valence-corrected chi connectivity index (χ0v) is 11.7. The van der Waals surface area contributed by atoms with Gasteiger partial charge in [-0.05, 0) is 36.8 Å². The van der Waals surface area contributed by atoms with Crippen molar-refractivity contribution in [3.05, 3.63) is 41.9 Å².